The quantitative estimate of drug-likeness (QED) is 0.203. The SMILES string of the molecule is [Fe+3].[Fe+3].[O]=[W](=[O])([O-])[O-].[O]=[W](=[O])([O-])[O-].[O]=[W](=[O])([O-])[O-].[O]=[W](=[O])([O-])[O-].[O]=[W](=[O])([O-])[O-].[Pb+2].[Pb+2]. The summed E-state index contributed by atoms with van der Waals surface area (Å²) >= 11 is -30.8. The van der Waals surface area contributed by atoms with E-state index in [-0.39, 0.29) is 88.7 Å². The summed E-state index contributed by atoms with van der Waals surface area (Å²) < 4.78 is 173. The molecule has 29 heavy (non-hydrogen) atoms. The van der Waals surface area contributed by atoms with Crippen LogP contribution in [-0.2, 0) is 152 Å². The van der Waals surface area contributed by atoms with Gasteiger partial charge in [-0.2, -0.15) is 0 Å². The monoisotopic (exact) mass is 1770 g/mol. The molecule has 0 aliphatic carbocycles. The van der Waals surface area contributed by atoms with E-state index in [1.165, 1.54) is 0 Å². The summed E-state index contributed by atoms with van der Waals surface area (Å²) in [6.45, 7) is 0. The van der Waals surface area contributed by atoms with E-state index in [0.717, 1.165) is 0 Å². The molecule has 0 amide bonds. The first-order chi connectivity index (χ1) is 10.0. The molecule has 0 aliphatic rings. The molecular weight excluding hydrogens is 1770 g/mol. The van der Waals surface area contributed by atoms with Crippen LogP contribution >= 0.6 is 0 Å². The third-order valence-electron chi connectivity index (χ3n) is 0. The van der Waals surface area contributed by atoms with Crippen molar-refractivity contribution in [2.24, 2.45) is 0 Å². The van der Waals surface area contributed by atoms with Crippen molar-refractivity contribution in [1.82, 2.24) is 0 Å². The van der Waals surface area contributed by atoms with Crippen LogP contribution in [-0.4, -0.2) is 54.6 Å². The first kappa shape index (κ1) is 58.6. The molecule has 0 unspecified atom stereocenters. The average molecular weight is 1770 g/mol. The van der Waals surface area contributed by atoms with Gasteiger partial charge >= 0.3 is 244 Å². The Morgan fingerprint density at radius 1 is 0.276 bits per heavy atom. The second kappa shape index (κ2) is 26.5. The number of hydrogen-bond acceptors (Lipinski definition) is 20. The van der Waals surface area contributed by atoms with E-state index < -0.39 is 83.7 Å². The molecule has 0 saturated carbocycles. The number of rotatable bonds is 0. The summed E-state index contributed by atoms with van der Waals surface area (Å²) in [4.78, 5) is 0. The van der Waals surface area contributed by atoms with Gasteiger partial charge < -0.3 is 0 Å². The zero-order chi connectivity index (χ0) is 22.5. The largest absolute Gasteiger partial charge is 2.00 e. The molecule has 0 aromatic heterocycles. The molecule has 0 aliphatic heterocycles. The van der Waals surface area contributed by atoms with Gasteiger partial charge in [-0.25, -0.2) is 0 Å². The van der Waals surface area contributed by atoms with Crippen molar-refractivity contribution in [3.63, 3.8) is 0 Å². The van der Waals surface area contributed by atoms with Crippen LogP contribution in [0, 0.1) is 0 Å². The molecule has 0 heterocycles. The van der Waals surface area contributed by atoms with Crippen LogP contribution in [0.15, 0.2) is 0 Å². The maximum atomic E-state index is 8.65. The Hall–Kier alpha value is 3.92. The van der Waals surface area contributed by atoms with Crippen LogP contribution in [0.5, 0.6) is 0 Å². The van der Waals surface area contributed by atoms with E-state index in [1.807, 2.05) is 0 Å². The second-order valence-electron chi connectivity index (χ2n) is 2.04. The smallest absolute Gasteiger partial charge is 2.00 e. The van der Waals surface area contributed by atoms with Gasteiger partial charge in [-0.05, 0) is 0 Å². The van der Waals surface area contributed by atoms with Gasteiger partial charge in [0.05, 0.1) is 0 Å². The molecule has 20 nitrogen and oxygen atoms in total. The van der Waals surface area contributed by atoms with Gasteiger partial charge in [-0.1, -0.05) is 0 Å². The Morgan fingerprint density at radius 3 is 0.276 bits per heavy atom. The summed E-state index contributed by atoms with van der Waals surface area (Å²) in [5.41, 5.74) is 0. The van der Waals surface area contributed by atoms with Crippen molar-refractivity contribution in [3.8, 4) is 0 Å². The van der Waals surface area contributed by atoms with Gasteiger partial charge in [-0.3, -0.25) is 0 Å². The minimum atomic E-state index is -6.17. The summed E-state index contributed by atoms with van der Waals surface area (Å²) in [5, 5.41) is 0. The Bertz CT molecular complexity index is 629. The normalized spacial score (nSPS) is 10.0. The van der Waals surface area contributed by atoms with E-state index >= 15 is 0 Å². The molecule has 0 atom stereocenters. The molecule has 0 spiro atoms. The molecule has 0 N–H and O–H groups in total. The van der Waals surface area contributed by atoms with E-state index in [1.54, 1.807) is 0 Å². The molecule has 0 fully saturated rings. The fourth-order valence-corrected chi connectivity index (χ4v) is 0. The predicted molar refractivity (Wildman–Crippen MR) is 18.4 cm³/mol. The summed E-state index contributed by atoms with van der Waals surface area (Å²) in [5.74, 6) is 0. The summed E-state index contributed by atoms with van der Waals surface area (Å²) in [7, 11) is 0. The maximum absolute atomic E-state index is 8.65. The third kappa shape index (κ3) is 1860. The topological polar surface area (TPSA) is 401 Å². The van der Waals surface area contributed by atoms with Crippen LogP contribution in [0.2, 0.25) is 0 Å². The maximum Gasteiger partial charge on any atom is 2.00 e. The molecule has 6 radical (unpaired) electrons. The van der Waals surface area contributed by atoms with E-state index in [9.17, 15) is 0 Å². The van der Waals surface area contributed by atoms with Crippen LogP contribution in [0.3, 0.4) is 0 Å². The first-order valence-electron chi connectivity index (χ1n) is 3.33. The van der Waals surface area contributed by atoms with E-state index in [0.29, 0.717) is 0 Å². The van der Waals surface area contributed by atoms with Crippen molar-refractivity contribution >= 4 is 54.6 Å². The zero-order valence-corrected chi connectivity index (χ0v) is 36.6. The van der Waals surface area contributed by atoms with Crippen LogP contribution in [0.4, 0.5) is 0 Å². The van der Waals surface area contributed by atoms with Gasteiger partial charge in [0.25, 0.3) is 0 Å². The first-order valence-corrected chi connectivity index (χ1v) is 27.3. The fourth-order valence-electron chi connectivity index (χ4n) is 0. The molecular formula is Fe2O20Pb2W5. The summed E-state index contributed by atoms with van der Waals surface area (Å²) in [6, 6.07) is 0. The van der Waals surface area contributed by atoms with Gasteiger partial charge in [0.15, 0.2) is 0 Å². The van der Waals surface area contributed by atoms with Crippen molar-refractivity contribution in [1.29, 1.82) is 0 Å². The molecule has 0 aromatic rings. The fraction of sp³-hybridized carbons (Fsp3) is 0. The van der Waals surface area contributed by atoms with Gasteiger partial charge in [0, 0.05) is 0 Å². The van der Waals surface area contributed by atoms with E-state index in [2.05, 4.69) is 0 Å². The zero-order valence-electron chi connectivity index (χ0n) is 11.9. The minimum Gasteiger partial charge on any atom is 2.00 e. The predicted octanol–water partition coefficient (Wildman–Crippen LogP) is -13.9. The molecule has 0 rings (SSSR count). The Labute approximate surface area is 239 Å². The van der Waals surface area contributed by atoms with Crippen molar-refractivity contribution in [3.05, 3.63) is 0 Å². The van der Waals surface area contributed by atoms with Crippen molar-refractivity contribution in [2.75, 3.05) is 0 Å². The second-order valence-corrected chi connectivity index (χ2v) is 16.7. The van der Waals surface area contributed by atoms with Gasteiger partial charge in [-0.15, -0.1) is 0 Å². The minimum absolute atomic E-state index is 0. The molecule has 0 aromatic carbocycles. The third-order valence-corrected chi connectivity index (χ3v) is 0. The molecule has 174 valence electrons. The van der Waals surface area contributed by atoms with Crippen LogP contribution < -0.4 is 37.6 Å². The number of hydrogen-bond donors (Lipinski definition) is 0. The van der Waals surface area contributed by atoms with Crippen LogP contribution in [0.25, 0.3) is 0 Å². The van der Waals surface area contributed by atoms with Crippen molar-refractivity contribution in [2.45, 2.75) is 0 Å². The average Bonchev–Trinajstić information content (AvgIpc) is 1.79. The molecule has 29 heteroatoms. The molecule has 0 saturated heterocycles. The van der Waals surface area contributed by atoms with E-state index in [4.69, 9.17) is 71.6 Å². The van der Waals surface area contributed by atoms with Crippen molar-refractivity contribution < 1.29 is 189 Å². The Kier molecular flexibility index (Phi) is 53.6. The Morgan fingerprint density at radius 2 is 0.276 bits per heavy atom. The summed E-state index contributed by atoms with van der Waals surface area (Å²) in [6.07, 6.45) is 0. The molecule has 0 bridgehead atoms. The van der Waals surface area contributed by atoms with Crippen LogP contribution in [0.1, 0.15) is 0 Å². The standard InChI is InChI=1S/2Fe.20O.2Pb.5W/q2*+3;;;;;;;;;;;10*-1;2*+2;;;;;. The Balaban J connectivity index is -0.0000000238. The van der Waals surface area contributed by atoms with Gasteiger partial charge in [0.2, 0.25) is 0 Å². The van der Waals surface area contributed by atoms with Gasteiger partial charge in [0.1, 0.15) is 0 Å².